The van der Waals surface area contributed by atoms with Crippen LogP contribution in [0.15, 0.2) is 18.2 Å². The Bertz CT molecular complexity index is 501. The average molecular weight is 300 g/mol. The van der Waals surface area contributed by atoms with Gasteiger partial charge in [-0.15, -0.1) is 0 Å². The second-order valence-electron chi connectivity index (χ2n) is 4.81. The van der Waals surface area contributed by atoms with Crippen molar-refractivity contribution in [3.63, 3.8) is 0 Å². The number of amides is 2. The van der Waals surface area contributed by atoms with Gasteiger partial charge in [-0.25, -0.2) is 13.6 Å². The monoisotopic (exact) mass is 300 g/mol. The minimum atomic E-state index is -0.959. The van der Waals surface area contributed by atoms with Crippen LogP contribution in [0.3, 0.4) is 0 Å². The van der Waals surface area contributed by atoms with Crippen molar-refractivity contribution in [3.8, 4) is 0 Å². The first-order valence-electron chi connectivity index (χ1n) is 6.56. The average Bonchev–Trinajstić information content (AvgIpc) is 2.38. The zero-order chi connectivity index (χ0) is 16.0. The van der Waals surface area contributed by atoms with Crippen molar-refractivity contribution < 1.29 is 23.5 Å². The number of anilines is 1. The van der Waals surface area contributed by atoms with Gasteiger partial charge in [0.2, 0.25) is 0 Å². The van der Waals surface area contributed by atoms with Crippen molar-refractivity contribution in [2.75, 3.05) is 11.9 Å². The van der Waals surface area contributed by atoms with E-state index in [4.69, 9.17) is 5.11 Å². The highest BCUT2D eigenvalue weighted by molar-refractivity contribution is 5.89. The Labute approximate surface area is 121 Å². The molecule has 21 heavy (non-hydrogen) atoms. The Hall–Kier alpha value is -2.18. The van der Waals surface area contributed by atoms with Crippen LogP contribution in [0.25, 0.3) is 0 Å². The molecule has 1 aromatic carbocycles. The summed E-state index contributed by atoms with van der Waals surface area (Å²) in [5, 5.41) is 10.8. The standard InChI is InChI=1S/C14H18F2N2O3/c1-9(2)18(8-4-7-12(19)20)14(21)17-13-10(15)5-3-6-11(13)16/h3,5-6,9H,4,7-8H2,1-2H3,(H,17,21)(H,19,20). The highest BCUT2D eigenvalue weighted by atomic mass is 19.1. The highest BCUT2D eigenvalue weighted by Crippen LogP contribution is 2.19. The summed E-state index contributed by atoms with van der Waals surface area (Å²) in [4.78, 5) is 23.9. The Morgan fingerprint density at radius 3 is 2.33 bits per heavy atom. The maximum absolute atomic E-state index is 13.5. The van der Waals surface area contributed by atoms with Gasteiger partial charge >= 0.3 is 12.0 Å². The molecule has 1 aromatic rings. The molecule has 5 nitrogen and oxygen atoms in total. The van der Waals surface area contributed by atoms with Crippen LogP contribution in [0.5, 0.6) is 0 Å². The first-order valence-corrected chi connectivity index (χ1v) is 6.56. The smallest absolute Gasteiger partial charge is 0.322 e. The van der Waals surface area contributed by atoms with Crippen LogP contribution < -0.4 is 5.32 Å². The van der Waals surface area contributed by atoms with E-state index in [1.807, 2.05) is 0 Å². The molecule has 116 valence electrons. The summed E-state index contributed by atoms with van der Waals surface area (Å²) in [7, 11) is 0. The number of carbonyl (C=O) groups excluding carboxylic acids is 1. The van der Waals surface area contributed by atoms with Crippen LogP contribution in [0.2, 0.25) is 0 Å². The first-order chi connectivity index (χ1) is 9.82. The number of para-hydroxylation sites is 1. The summed E-state index contributed by atoms with van der Waals surface area (Å²) >= 11 is 0. The second-order valence-corrected chi connectivity index (χ2v) is 4.81. The molecule has 0 unspecified atom stereocenters. The molecule has 0 aliphatic carbocycles. The van der Waals surface area contributed by atoms with E-state index < -0.39 is 29.3 Å². The third-order valence-electron chi connectivity index (χ3n) is 2.87. The van der Waals surface area contributed by atoms with Gasteiger partial charge in [0.15, 0.2) is 0 Å². The zero-order valence-electron chi connectivity index (χ0n) is 11.9. The molecule has 7 heteroatoms. The molecule has 0 atom stereocenters. The number of carbonyl (C=O) groups is 2. The summed E-state index contributed by atoms with van der Waals surface area (Å²) in [6.45, 7) is 3.65. The molecule has 0 saturated heterocycles. The number of nitrogens with one attached hydrogen (secondary N) is 1. The molecule has 0 heterocycles. The van der Waals surface area contributed by atoms with Crippen LogP contribution in [0, 0.1) is 11.6 Å². The number of carboxylic acid groups (broad SMARTS) is 1. The fourth-order valence-corrected chi connectivity index (χ4v) is 1.79. The van der Waals surface area contributed by atoms with E-state index in [-0.39, 0.29) is 25.4 Å². The van der Waals surface area contributed by atoms with E-state index >= 15 is 0 Å². The largest absolute Gasteiger partial charge is 0.481 e. The van der Waals surface area contributed by atoms with Gasteiger partial charge in [0, 0.05) is 19.0 Å². The molecule has 0 aliphatic heterocycles. The van der Waals surface area contributed by atoms with E-state index in [0.29, 0.717) is 0 Å². The van der Waals surface area contributed by atoms with Crippen molar-refractivity contribution in [2.45, 2.75) is 32.7 Å². The van der Waals surface area contributed by atoms with Crippen LogP contribution in [0.4, 0.5) is 19.3 Å². The van der Waals surface area contributed by atoms with Crippen LogP contribution >= 0.6 is 0 Å². The molecule has 0 aliphatic rings. The minimum Gasteiger partial charge on any atom is -0.481 e. The van der Waals surface area contributed by atoms with Gasteiger partial charge in [-0.05, 0) is 32.4 Å². The number of carboxylic acids is 1. The quantitative estimate of drug-likeness (QED) is 0.848. The molecule has 1 rings (SSSR count). The lowest BCUT2D eigenvalue weighted by atomic mass is 10.2. The number of halogens is 2. The van der Waals surface area contributed by atoms with Crippen LogP contribution in [0.1, 0.15) is 26.7 Å². The Kier molecular flexibility index (Phi) is 6.08. The van der Waals surface area contributed by atoms with Crippen LogP contribution in [-0.4, -0.2) is 34.6 Å². The van der Waals surface area contributed by atoms with Gasteiger partial charge < -0.3 is 15.3 Å². The van der Waals surface area contributed by atoms with Gasteiger partial charge in [0.1, 0.15) is 17.3 Å². The maximum Gasteiger partial charge on any atom is 0.322 e. The molecule has 2 N–H and O–H groups in total. The maximum atomic E-state index is 13.5. The topological polar surface area (TPSA) is 69.6 Å². The van der Waals surface area contributed by atoms with E-state index in [0.717, 1.165) is 12.1 Å². The van der Waals surface area contributed by atoms with Gasteiger partial charge in [0.25, 0.3) is 0 Å². The van der Waals surface area contributed by atoms with E-state index in [9.17, 15) is 18.4 Å². The fraction of sp³-hybridized carbons (Fsp3) is 0.429. The molecule has 0 radical (unpaired) electrons. The predicted octanol–water partition coefficient (Wildman–Crippen LogP) is 3.07. The first kappa shape index (κ1) is 16.9. The number of rotatable bonds is 6. The third kappa shape index (κ3) is 5.02. The highest BCUT2D eigenvalue weighted by Gasteiger charge is 2.20. The number of aliphatic carboxylic acids is 1. The van der Waals surface area contributed by atoms with Crippen molar-refractivity contribution in [2.24, 2.45) is 0 Å². The zero-order valence-corrected chi connectivity index (χ0v) is 11.9. The lowest BCUT2D eigenvalue weighted by molar-refractivity contribution is -0.137. The molecule has 2 amide bonds. The summed E-state index contributed by atoms with van der Waals surface area (Å²) in [5.41, 5.74) is -0.508. The lowest BCUT2D eigenvalue weighted by Gasteiger charge is -2.27. The molecular formula is C14H18F2N2O3. The number of nitrogens with zero attached hydrogens (tertiary/aromatic N) is 1. The van der Waals surface area contributed by atoms with E-state index in [1.54, 1.807) is 13.8 Å². The molecule has 0 fully saturated rings. The molecule has 0 bridgehead atoms. The van der Waals surface area contributed by atoms with Gasteiger partial charge in [-0.2, -0.15) is 0 Å². The molecule has 0 spiro atoms. The fourth-order valence-electron chi connectivity index (χ4n) is 1.79. The second kappa shape index (κ2) is 7.56. The Morgan fingerprint density at radius 2 is 1.86 bits per heavy atom. The number of hydrogen-bond donors (Lipinski definition) is 2. The van der Waals surface area contributed by atoms with Gasteiger partial charge in [-0.1, -0.05) is 6.07 Å². The summed E-state index contributed by atoms with van der Waals surface area (Å²) in [6, 6.07) is 2.40. The van der Waals surface area contributed by atoms with E-state index in [2.05, 4.69) is 5.32 Å². The third-order valence-corrected chi connectivity index (χ3v) is 2.87. The Morgan fingerprint density at radius 1 is 1.29 bits per heavy atom. The number of hydrogen-bond acceptors (Lipinski definition) is 2. The van der Waals surface area contributed by atoms with Crippen molar-refractivity contribution in [1.29, 1.82) is 0 Å². The minimum absolute atomic E-state index is 0.0788. The lowest BCUT2D eigenvalue weighted by Crippen LogP contribution is -2.41. The summed E-state index contributed by atoms with van der Waals surface area (Å²) < 4.78 is 27.0. The van der Waals surface area contributed by atoms with Crippen molar-refractivity contribution >= 4 is 17.7 Å². The molecular weight excluding hydrogens is 282 g/mol. The number of urea groups is 1. The summed E-state index contributed by atoms with van der Waals surface area (Å²) in [5.74, 6) is -2.69. The summed E-state index contributed by atoms with van der Waals surface area (Å²) in [6.07, 6.45) is 0.186. The van der Waals surface area contributed by atoms with Crippen molar-refractivity contribution in [3.05, 3.63) is 29.8 Å². The van der Waals surface area contributed by atoms with Crippen LogP contribution in [-0.2, 0) is 4.79 Å². The van der Waals surface area contributed by atoms with Crippen molar-refractivity contribution in [1.82, 2.24) is 4.90 Å². The van der Waals surface area contributed by atoms with E-state index in [1.165, 1.54) is 11.0 Å². The van der Waals surface area contributed by atoms with Gasteiger partial charge in [0.05, 0.1) is 0 Å². The van der Waals surface area contributed by atoms with Gasteiger partial charge in [-0.3, -0.25) is 4.79 Å². The SMILES string of the molecule is CC(C)N(CCCC(=O)O)C(=O)Nc1c(F)cccc1F. The molecule has 0 aromatic heterocycles. The Balaban J connectivity index is 2.75. The predicted molar refractivity (Wildman–Crippen MR) is 74.1 cm³/mol. The number of benzene rings is 1. The molecule has 0 saturated carbocycles. The normalized spacial score (nSPS) is 10.5.